The molecule has 0 N–H and O–H groups in total. The zero-order valence-electron chi connectivity index (χ0n) is 11.4. The molecular formula is C9H16INO8S2. The lowest BCUT2D eigenvalue weighted by Gasteiger charge is -2.16. The molecule has 0 saturated carbocycles. The minimum absolute atomic E-state index is 0.106. The molecule has 21 heavy (non-hydrogen) atoms. The standard InChI is InChI=1S/C9H16INO8S2/c1-3-18-8(12)7-19-9(13)11(2)21(16,17)6-4-5-20(10,14)15/h3-7H2,1-2H3. The fourth-order valence-electron chi connectivity index (χ4n) is 1.08. The maximum Gasteiger partial charge on any atom is 0.423 e. The van der Waals surface area contributed by atoms with E-state index in [2.05, 4.69) is 9.47 Å². The highest BCUT2D eigenvalue weighted by Gasteiger charge is 2.25. The molecule has 0 rings (SSSR count). The first-order chi connectivity index (χ1) is 9.49. The van der Waals surface area contributed by atoms with Crippen LogP contribution in [0.4, 0.5) is 4.79 Å². The van der Waals surface area contributed by atoms with E-state index < -0.39 is 41.5 Å². The summed E-state index contributed by atoms with van der Waals surface area (Å²) < 4.78 is 54.6. The van der Waals surface area contributed by atoms with E-state index >= 15 is 0 Å². The number of nitrogens with zero attached hydrogens (tertiary/aromatic N) is 1. The van der Waals surface area contributed by atoms with Gasteiger partial charge < -0.3 is 9.47 Å². The van der Waals surface area contributed by atoms with Crippen molar-refractivity contribution in [2.45, 2.75) is 13.3 Å². The van der Waals surface area contributed by atoms with Gasteiger partial charge in [-0.1, -0.05) is 0 Å². The van der Waals surface area contributed by atoms with Crippen molar-refractivity contribution < 1.29 is 35.9 Å². The summed E-state index contributed by atoms with van der Waals surface area (Å²) in [6, 6.07) is 0. The van der Waals surface area contributed by atoms with Crippen LogP contribution in [0.5, 0.6) is 0 Å². The maximum absolute atomic E-state index is 11.7. The second-order valence-electron chi connectivity index (χ2n) is 3.74. The molecule has 0 spiro atoms. The molecule has 0 saturated heterocycles. The maximum atomic E-state index is 11.7. The van der Waals surface area contributed by atoms with E-state index in [1.807, 2.05) is 0 Å². The second kappa shape index (κ2) is 8.73. The third-order valence-corrected chi connectivity index (χ3v) is 5.97. The van der Waals surface area contributed by atoms with Gasteiger partial charge in [0.05, 0.1) is 39.3 Å². The van der Waals surface area contributed by atoms with E-state index in [9.17, 15) is 26.4 Å². The highest BCUT2D eigenvalue weighted by molar-refractivity contribution is 14.2. The smallest absolute Gasteiger partial charge is 0.423 e. The van der Waals surface area contributed by atoms with Crippen LogP contribution in [0.2, 0.25) is 0 Å². The summed E-state index contributed by atoms with van der Waals surface area (Å²) in [5, 5.41) is 0. The van der Waals surface area contributed by atoms with Gasteiger partial charge >= 0.3 is 12.1 Å². The first kappa shape index (κ1) is 20.4. The molecule has 0 aromatic heterocycles. The number of sulfonamides is 1. The van der Waals surface area contributed by atoms with E-state index in [0.29, 0.717) is 4.31 Å². The van der Waals surface area contributed by atoms with Crippen LogP contribution in [-0.4, -0.2) is 65.0 Å². The number of rotatable bonds is 8. The number of hydrogen-bond donors (Lipinski definition) is 0. The van der Waals surface area contributed by atoms with Crippen LogP contribution >= 0.6 is 21.2 Å². The molecule has 12 heteroatoms. The van der Waals surface area contributed by atoms with Crippen molar-refractivity contribution in [3.63, 3.8) is 0 Å². The van der Waals surface area contributed by atoms with Gasteiger partial charge in [-0.2, -0.15) is 0 Å². The number of esters is 1. The van der Waals surface area contributed by atoms with Crippen molar-refractivity contribution in [1.29, 1.82) is 0 Å². The molecule has 1 amide bonds. The van der Waals surface area contributed by atoms with Gasteiger partial charge in [0, 0.05) is 7.05 Å². The Morgan fingerprint density at radius 3 is 2.14 bits per heavy atom. The van der Waals surface area contributed by atoms with E-state index in [-0.39, 0.29) is 18.8 Å². The normalized spacial score (nSPS) is 11.8. The summed E-state index contributed by atoms with van der Waals surface area (Å²) in [6.45, 7) is 0.974. The van der Waals surface area contributed by atoms with Crippen molar-refractivity contribution in [1.82, 2.24) is 4.31 Å². The first-order valence-electron chi connectivity index (χ1n) is 5.71. The Morgan fingerprint density at radius 2 is 1.67 bits per heavy atom. The third-order valence-electron chi connectivity index (χ3n) is 2.08. The van der Waals surface area contributed by atoms with Crippen molar-refractivity contribution in [3.8, 4) is 0 Å². The summed E-state index contributed by atoms with van der Waals surface area (Å²) in [5.74, 6) is -1.65. The molecule has 0 atom stereocenters. The molecule has 0 aliphatic carbocycles. The van der Waals surface area contributed by atoms with E-state index in [1.165, 1.54) is 21.2 Å². The van der Waals surface area contributed by atoms with E-state index in [4.69, 9.17) is 0 Å². The summed E-state index contributed by atoms with van der Waals surface area (Å²) in [6.07, 6.45) is -1.39. The van der Waals surface area contributed by atoms with Crippen LogP contribution in [0, 0.1) is 0 Å². The van der Waals surface area contributed by atoms with Crippen LogP contribution in [0.15, 0.2) is 0 Å². The van der Waals surface area contributed by atoms with Gasteiger partial charge in [0.1, 0.15) is 0 Å². The zero-order chi connectivity index (χ0) is 16.7. The minimum atomic E-state index is -4.00. The molecule has 0 radical (unpaired) electrons. The van der Waals surface area contributed by atoms with Crippen LogP contribution in [0.1, 0.15) is 13.3 Å². The summed E-state index contributed by atoms with van der Waals surface area (Å²) in [4.78, 5) is 22.4. The Labute approximate surface area is 135 Å². The summed E-state index contributed by atoms with van der Waals surface area (Å²) >= 11 is 1.21. The number of halogens is 1. The molecule has 0 aliphatic rings. The molecule has 0 heterocycles. The Balaban J connectivity index is 4.43. The van der Waals surface area contributed by atoms with Crippen molar-refractivity contribution >= 4 is 50.3 Å². The molecule has 124 valence electrons. The lowest BCUT2D eigenvalue weighted by Crippen LogP contribution is -2.36. The van der Waals surface area contributed by atoms with Crippen molar-refractivity contribution in [2.75, 3.05) is 31.8 Å². The number of amides is 1. The number of hydrogen-bond acceptors (Lipinski definition) is 8. The summed E-state index contributed by atoms with van der Waals surface area (Å²) in [7, 11) is -6.35. The van der Waals surface area contributed by atoms with Crippen LogP contribution in [-0.2, 0) is 31.3 Å². The third kappa shape index (κ3) is 9.08. The van der Waals surface area contributed by atoms with E-state index in [0.717, 1.165) is 7.05 Å². The summed E-state index contributed by atoms with van der Waals surface area (Å²) in [5.41, 5.74) is 0. The Bertz CT molecular complexity index is 571. The van der Waals surface area contributed by atoms with Gasteiger partial charge in [-0.05, 0) is 13.3 Å². The van der Waals surface area contributed by atoms with Crippen molar-refractivity contribution in [2.24, 2.45) is 0 Å². The predicted octanol–water partition coefficient (Wildman–Crippen LogP) is 0.103. The van der Waals surface area contributed by atoms with Gasteiger partial charge in [0.25, 0.3) is 0 Å². The van der Waals surface area contributed by atoms with Crippen LogP contribution in [0.25, 0.3) is 0 Å². The molecule has 0 aromatic carbocycles. The lowest BCUT2D eigenvalue weighted by atomic mass is 10.6. The lowest BCUT2D eigenvalue weighted by molar-refractivity contribution is -0.146. The van der Waals surface area contributed by atoms with Gasteiger partial charge in [-0.15, -0.1) is 0 Å². The topological polar surface area (TPSA) is 124 Å². The molecule has 0 aromatic rings. The van der Waals surface area contributed by atoms with Gasteiger partial charge in [0.15, 0.2) is 6.61 Å². The van der Waals surface area contributed by atoms with Crippen LogP contribution < -0.4 is 0 Å². The molecular weight excluding hydrogens is 441 g/mol. The average Bonchev–Trinajstić information content (AvgIpc) is 2.33. The van der Waals surface area contributed by atoms with E-state index in [1.54, 1.807) is 6.92 Å². The molecule has 0 aliphatic heterocycles. The number of carbonyl (C=O) groups is 2. The highest BCUT2D eigenvalue weighted by atomic mass is 127. The second-order valence-corrected chi connectivity index (χ2v) is 11.4. The predicted molar refractivity (Wildman–Crippen MR) is 82.0 cm³/mol. The molecule has 0 fully saturated rings. The average molecular weight is 457 g/mol. The highest BCUT2D eigenvalue weighted by Crippen LogP contribution is 2.08. The Hall–Kier alpha value is -0.630. The van der Waals surface area contributed by atoms with Gasteiger partial charge in [-0.3, -0.25) is 0 Å². The number of carbonyl (C=O) groups excluding carboxylic acids is 2. The zero-order valence-corrected chi connectivity index (χ0v) is 15.2. The minimum Gasteiger partial charge on any atom is -0.463 e. The SMILES string of the molecule is CCOC(=O)COC(=O)N(C)S(=O)(=O)CCCS(=O)(=O)I. The molecule has 0 bridgehead atoms. The Morgan fingerprint density at radius 1 is 1.10 bits per heavy atom. The van der Waals surface area contributed by atoms with Crippen LogP contribution in [0.3, 0.4) is 0 Å². The number of ether oxygens (including phenoxy) is 2. The largest absolute Gasteiger partial charge is 0.463 e. The first-order valence-corrected chi connectivity index (χ1v) is 11.5. The monoisotopic (exact) mass is 457 g/mol. The molecule has 9 nitrogen and oxygen atoms in total. The fourth-order valence-corrected chi connectivity index (χ4v) is 3.75. The fraction of sp³-hybridized carbons (Fsp3) is 0.778. The van der Waals surface area contributed by atoms with Crippen molar-refractivity contribution in [3.05, 3.63) is 0 Å². The van der Waals surface area contributed by atoms with Gasteiger partial charge in [0.2, 0.25) is 17.0 Å². The quantitative estimate of drug-likeness (QED) is 0.286. The van der Waals surface area contributed by atoms with Gasteiger partial charge in [-0.25, -0.2) is 30.7 Å². The molecule has 0 unspecified atom stereocenters. The Kier molecular flexibility index (Phi) is 8.46.